The van der Waals surface area contributed by atoms with E-state index in [1.54, 1.807) is 12.1 Å². The fraction of sp³-hybridized carbons (Fsp3) is 0.571. The maximum Gasteiger partial charge on any atom is 0.165 e. The summed E-state index contributed by atoms with van der Waals surface area (Å²) >= 11 is 0. The second-order valence-corrected chi connectivity index (χ2v) is 5.45. The summed E-state index contributed by atoms with van der Waals surface area (Å²) in [6, 6.07) is 5.09. The Morgan fingerprint density at radius 3 is 2.53 bits per heavy atom. The summed E-state index contributed by atoms with van der Waals surface area (Å²) in [6.45, 7) is 8.77. The van der Waals surface area contributed by atoms with Crippen molar-refractivity contribution in [3.8, 4) is 5.75 Å². The molecule has 0 aliphatic heterocycles. The number of rotatable bonds is 4. The van der Waals surface area contributed by atoms with Gasteiger partial charge < -0.3 is 10.1 Å². The van der Waals surface area contributed by atoms with Gasteiger partial charge >= 0.3 is 0 Å². The van der Waals surface area contributed by atoms with Crippen LogP contribution in [0, 0.1) is 18.2 Å². The number of ether oxygens (including phenoxy) is 1. The maximum atomic E-state index is 13.5. The van der Waals surface area contributed by atoms with Crippen LogP contribution >= 0.6 is 0 Å². The Morgan fingerprint density at radius 2 is 2.00 bits per heavy atom. The lowest BCUT2D eigenvalue weighted by atomic mass is 9.87. The van der Waals surface area contributed by atoms with Gasteiger partial charge in [-0.1, -0.05) is 26.8 Å². The summed E-state index contributed by atoms with van der Waals surface area (Å²) in [5, 5.41) is 3.20. The average molecular weight is 239 g/mol. The molecule has 1 aromatic rings. The molecule has 0 saturated heterocycles. The lowest BCUT2D eigenvalue weighted by Gasteiger charge is -2.30. The topological polar surface area (TPSA) is 21.3 Å². The van der Waals surface area contributed by atoms with E-state index in [0.717, 1.165) is 5.56 Å². The number of aryl methyl sites for hydroxylation is 1. The second kappa shape index (κ2) is 5.50. The minimum Gasteiger partial charge on any atom is -0.489 e. The minimum atomic E-state index is -0.306. The molecule has 1 atom stereocenters. The third-order valence-electron chi connectivity index (χ3n) is 2.89. The molecule has 1 aromatic carbocycles. The number of nitrogens with one attached hydrogen (secondary N) is 1. The third kappa shape index (κ3) is 4.00. The molecule has 1 unspecified atom stereocenters. The summed E-state index contributed by atoms with van der Waals surface area (Å²) in [5.74, 6) is 0.0221. The first kappa shape index (κ1) is 14.0. The molecule has 0 heterocycles. The van der Waals surface area contributed by atoms with Crippen LogP contribution in [0.25, 0.3) is 0 Å². The van der Waals surface area contributed by atoms with Crippen LogP contribution in [0.15, 0.2) is 18.2 Å². The van der Waals surface area contributed by atoms with Gasteiger partial charge in [0.25, 0.3) is 0 Å². The van der Waals surface area contributed by atoms with Crippen LogP contribution in [-0.2, 0) is 0 Å². The summed E-state index contributed by atoms with van der Waals surface area (Å²) in [6.07, 6.45) is 0. The highest BCUT2D eigenvalue weighted by Gasteiger charge is 2.23. The maximum absolute atomic E-state index is 13.5. The van der Waals surface area contributed by atoms with Crippen molar-refractivity contribution in [2.75, 3.05) is 13.7 Å². The molecule has 0 aromatic heterocycles. The minimum absolute atomic E-state index is 0.0784. The smallest absolute Gasteiger partial charge is 0.165 e. The Labute approximate surface area is 103 Å². The SMILES string of the molecule is CNC(COc1cc(C)ccc1F)C(C)(C)C. The van der Waals surface area contributed by atoms with Crippen LogP contribution in [0.1, 0.15) is 26.3 Å². The lowest BCUT2D eigenvalue weighted by Crippen LogP contribution is -2.42. The Hall–Kier alpha value is -1.09. The zero-order chi connectivity index (χ0) is 13.1. The summed E-state index contributed by atoms with van der Waals surface area (Å²) < 4.78 is 19.0. The number of likely N-dealkylation sites (N-methyl/N-ethyl adjacent to an activating group) is 1. The normalized spacial score (nSPS) is 13.5. The van der Waals surface area contributed by atoms with Crippen LogP contribution in [0.4, 0.5) is 4.39 Å². The van der Waals surface area contributed by atoms with Crippen molar-refractivity contribution >= 4 is 0 Å². The highest BCUT2D eigenvalue weighted by Crippen LogP contribution is 2.22. The lowest BCUT2D eigenvalue weighted by molar-refractivity contribution is 0.177. The fourth-order valence-electron chi connectivity index (χ4n) is 1.66. The Bertz CT molecular complexity index is 371. The van der Waals surface area contributed by atoms with Crippen LogP contribution in [0.2, 0.25) is 0 Å². The molecule has 0 amide bonds. The van der Waals surface area contributed by atoms with Crippen molar-refractivity contribution in [1.82, 2.24) is 5.32 Å². The van der Waals surface area contributed by atoms with E-state index < -0.39 is 0 Å². The van der Waals surface area contributed by atoms with Crippen molar-refractivity contribution in [1.29, 1.82) is 0 Å². The second-order valence-electron chi connectivity index (χ2n) is 5.45. The molecule has 17 heavy (non-hydrogen) atoms. The van der Waals surface area contributed by atoms with Crippen LogP contribution in [0.3, 0.4) is 0 Å². The molecule has 0 aliphatic rings. The number of hydrogen-bond acceptors (Lipinski definition) is 2. The van der Waals surface area contributed by atoms with Crippen LogP contribution < -0.4 is 10.1 Å². The Morgan fingerprint density at radius 1 is 1.35 bits per heavy atom. The highest BCUT2D eigenvalue weighted by molar-refractivity contribution is 5.29. The molecule has 1 rings (SSSR count). The molecule has 1 N–H and O–H groups in total. The molecule has 2 nitrogen and oxygen atoms in total. The van der Waals surface area contributed by atoms with Crippen LogP contribution in [-0.4, -0.2) is 19.7 Å². The van der Waals surface area contributed by atoms with E-state index in [0.29, 0.717) is 12.4 Å². The van der Waals surface area contributed by atoms with Gasteiger partial charge in [-0.05, 0) is 37.1 Å². The molecule has 0 radical (unpaired) electrons. The predicted octanol–water partition coefficient (Wildman–Crippen LogP) is 3.15. The van der Waals surface area contributed by atoms with Crippen molar-refractivity contribution in [2.45, 2.75) is 33.7 Å². The highest BCUT2D eigenvalue weighted by atomic mass is 19.1. The first-order valence-corrected chi connectivity index (χ1v) is 5.91. The largest absolute Gasteiger partial charge is 0.489 e. The van der Waals surface area contributed by atoms with Gasteiger partial charge in [0, 0.05) is 6.04 Å². The number of halogens is 1. The summed E-state index contributed by atoms with van der Waals surface area (Å²) in [7, 11) is 1.89. The number of benzene rings is 1. The molecule has 0 aliphatic carbocycles. The monoisotopic (exact) mass is 239 g/mol. The Kier molecular flexibility index (Phi) is 4.52. The van der Waals surface area contributed by atoms with E-state index in [4.69, 9.17) is 4.74 Å². The standard InChI is InChI=1S/C14H22FNO/c1-10-6-7-11(15)12(8-10)17-9-13(16-5)14(2,3)4/h6-8,13,16H,9H2,1-5H3. The van der Waals surface area contributed by atoms with Gasteiger partial charge in [0.05, 0.1) is 0 Å². The van der Waals surface area contributed by atoms with Gasteiger partial charge in [-0.3, -0.25) is 0 Å². The fourth-order valence-corrected chi connectivity index (χ4v) is 1.66. The van der Waals surface area contributed by atoms with Crippen molar-refractivity contribution in [3.63, 3.8) is 0 Å². The zero-order valence-corrected chi connectivity index (χ0v) is 11.3. The van der Waals surface area contributed by atoms with E-state index in [9.17, 15) is 4.39 Å². The van der Waals surface area contributed by atoms with Crippen molar-refractivity contribution in [3.05, 3.63) is 29.6 Å². The molecule has 0 spiro atoms. The molecule has 0 saturated carbocycles. The first-order chi connectivity index (χ1) is 7.84. The van der Waals surface area contributed by atoms with Crippen LogP contribution in [0.5, 0.6) is 5.75 Å². The number of hydrogen-bond donors (Lipinski definition) is 1. The molecule has 0 bridgehead atoms. The van der Waals surface area contributed by atoms with E-state index in [1.807, 2.05) is 14.0 Å². The van der Waals surface area contributed by atoms with E-state index in [2.05, 4.69) is 26.1 Å². The zero-order valence-electron chi connectivity index (χ0n) is 11.3. The Balaban J connectivity index is 2.69. The average Bonchev–Trinajstić information content (AvgIpc) is 2.22. The molecular weight excluding hydrogens is 217 g/mol. The third-order valence-corrected chi connectivity index (χ3v) is 2.89. The summed E-state index contributed by atoms with van der Waals surface area (Å²) in [4.78, 5) is 0. The molecule has 96 valence electrons. The van der Waals surface area contributed by atoms with Gasteiger partial charge in [0.1, 0.15) is 6.61 Å². The van der Waals surface area contributed by atoms with E-state index in [1.165, 1.54) is 6.07 Å². The quantitative estimate of drug-likeness (QED) is 0.871. The first-order valence-electron chi connectivity index (χ1n) is 5.91. The van der Waals surface area contributed by atoms with Gasteiger partial charge in [-0.15, -0.1) is 0 Å². The van der Waals surface area contributed by atoms with Crippen molar-refractivity contribution in [2.24, 2.45) is 5.41 Å². The molecule has 0 fully saturated rings. The molecular formula is C14H22FNO. The predicted molar refractivity (Wildman–Crippen MR) is 68.9 cm³/mol. The van der Waals surface area contributed by atoms with Gasteiger partial charge in [0.15, 0.2) is 11.6 Å². The van der Waals surface area contributed by atoms with Gasteiger partial charge in [-0.25, -0.2) is 4.39 Å². The summed E-state index contributed by atoms with van der Waals surface area (Å²) in [5.41, 5.74) is 1.08. The van der Waals surface area contributed by atoms with Gasteiger partial charge in [-0.2, -0.15) is 0 Å². The van der Waals surface area contributed by atoms with Crippen molar-refractivity contribution < 1.29 is 9.13 Å². The van der Waals surface area contributed by atoms with Gasteiger partial charge in [0.2, 0.25) is 0 Å². The van der Waals surface area contributed by atoms with E-state index in [-0.39, 0.29) is 17.3 Å². The molecule has 3 heteroatoms. The van der Waals surface area contributed by atoms with E-state index >= 15 is 0 Å².